The van der Waals surface area contributed by atoms with E-state index in [9.17, 15) is 18.0 Å². The van der Waals surface area contributed by atoms with Gasteiger partial charge in [-0.05, 0) is 24.3 Å². The second kappa shape index (κ2) is 10.3. The van der Waals surface area contributed by atoms with Crippen molar-refractivity contribution in [1.29, 1.82) is 5.41 Å². The molecule has 0 saturated carbocycles. The second-order valence-electron chi connectivity index (χ2n) is 5.81. The standard InChI is InChI=1S/C18H17ClF3N5OS/c1-2-8-26(17(28)14(23)12-29-9-4-6-18(20,21)22)15-11-27(25-16(15)19)13-5-3-7-24-10-13/h1,3,5,7,10-11,23H,4,6,8-9,12H2. The van der Waals surface area contributed by atoms with Crippen LogP contribution in [0.5, 0.6) is 0 Å². The van der Waals surface area contributed by atoms with Crippen molar-refractivity contribution in [1.82, 2.24) is 14.8 Å². The lowest BCUT2D eigenvalue weighted by Gasteiger charge is -2.19. The highest BCUT2D eigenvalue weighted by Crippen LogP contribution is 2.26. The normalized spacial score (nSPS) is 11.1. The fraction of sp³-hybridized carbons (Fsp3) is 0.333. The van der Waals surface area contributed by atoms with E-state index in [-0.39, 0.29) is 41.0 Å². The van der Waals surface area contributed by atoms with Crippen molar-refractivity contribution >= 4 is 40.7 Å². The van der Waals surface area contributed by atoms with Gasteiger partial charge in [0, 0.05) is 18.4 Å². The fourth-order valence-corrected chi connectivity index (χ4v) is 3.33. The number of nitrogens with zero attached hydrogens (tertiary/aromatic N) is 4. The maximum absolute atomic E-state index is 12.7. The molecule has 0 bridgehead atoms. The summed E-state index contributed by atoms with van der Waals surface area (Å²) in [6.07, 6.45) is 4.81. The molecule has 2 aromatic heterocycles. The summed E-state index contributed by atoms with van der Waals surface area (Å²) < 4.78 is 37.9. The Morgan fingerprint density at radius 3 is 2.83 bits per heavy atom. The molecular weight excluding hydrogens is 427 g/mol. The zero-order chi connectivity index (χ0) is 21.4. The number of pyridine rings is 1. The molecule has 6 nitrogen and oxygen atoms in total. The van der Waals surface area contributed by atoms with E-state index < -0.39 is 18.5 Å². The molecule has 1 N–H and O–H groups in total. The van der Waals surface area contributed by atoms with Gasteiger partial charge in [-0.3, -0.25) is 20.1 Å². The lowest BCUT2D eigenvalue weighted by atomic mass is 10.3. The van der Waals surface area contributed by atoms with Crippen LogP contribution < -0.4 is 4.90 Å². The molecule has 0 aromatic carbocycles. The summed E-state index contributed by atoms with van der Waals surface area (Å²) in [4.78, 5) is 17.8. The van der Waals surface area contributed by atoms with Crippen molar-refractivity contribution in [3.05, 3.63) is 35.9 Å². The summed E-state index contributed by atoms with van der Waals surface area (Å²) in [7, 11) is 0. The molecule has 2 aromatic rings. The van der Waals surface area contributed by atoms with Gasteiger partial charge in [0.2, 0.25) is 0 Å². The molecule has 0 aliphatic heterocycles. The van der Waals surface area contributed by atoms with Gasteiger partial charge in [0.05, 0.1) is 24.6 Å². The minimum absolute atomic E-state index is 0.0167. The van der Waals surface area contributed by atoms with E-state index in [1.54, 1.807) is 24.5 Å². The van der Waals surface area contributed by atoms with Crippen molar-refractivity contribution < 1.29 is 18.0 Å². The second-order valence-corrected chi connectivity index (χ2v) is 7.27. The number of nitrogens with one attached hydrogen (secondary N) is 1. The van der Waals surface area contributed by atoms with Crippen LogP contribution in [-0.4, -0.2) is 50.6 Å². The number of anilines is 1. The number of hydrogen-bond acceptors (Lipinski definition) is 5. The summed E-state index contributed by atoms with van der Waals surface area (Å²) >= 11 is 7.25. The molecule has 2 heterocycles. The highest BCUT2D eigenvalue weighted by atomic mass is 35.5. The van der Waals surface area contributed by atoms with Gasteiger partial charge in [-0.1, -0.05) is 17.5 Å². The number of carbonyl (C=O) groups is 1. The molecule has 2 rings (SSSR count). The third-order valence-corrected chi connectivity index (χ3v) is 4.94. The molecule has 1 amide bonds. The Morgan fingerprint density at radius 2 is 2.21 bits per heavy atom. The van der Waals surface area contributed by atoms with E-state index in [0.717, 1.165) is 16.7 Å². The molecule has 0 saturated heterocycles. The third-order valence-electron chi connectivity index (χ3n) is 3.60. The number of thioether (sulfide) groups is 1. The molecule has 154 valence electrons. The van der Waals surface area contributed by atoms with Crippen LogP contribution in [0.4, 0.5) is 18.9 Å². The summed E-state index contributed by atoms with van der Waals surface area (Å²) in [5.74, 6) is 1.81. The smallest absolute Gasteiger partial charge is 0.299 e. The molecular formula is C18H17ClF3N5OS. The molecule has 0 unspecified atom stereocenters. The van der Waals surface area contributed by atoms with E-state index >= 15 is 0 Å². The zero-order valence-electron chi connectivity index (χ0n) is 15.1. The van der Waals surface area contributed by atoms with Gasteiger partial charge in [0.15, 0.2) is 5.15 Å². The SMILES string of the molecule is C#CCN(C(=O)C(=N)CSCCCC(F)(F)F)c1cn(-c2cccnc2)nc1Cl. The van der Waals surface area contributed by atoms with Crippen LogP contribution in [0.3, 0.4) is 0 Å². The Kier molecular flexibility index (Phi) is 8.10. The number of aromatic nitrogens is 3. The van der Waals surface area contributed by atoms with E-state index in [4.69, 9.17) is 23.4 Å². The van der Waals surface area contributed by atoms with Crippen molar-refractivity contribution in [3.63, 3.8) is 0 Å². The number of amides is 1. The zero-order valence-corrected chi connectivity index (χ0v) is 16.7. The number of carbonyl (C=O) groups excluding carboxylic acids is 1. The molecule has 0 aliphatic rings. The van der Waals surface area contributed by atoms with Crippen molar-refractivity contribution in [2.75, 3.05) is 23.0 Å². The Labute approximate surface area is 174 Å². The van der Waals surface area contributed by atoms with Crippen LogP contribution in [0.1, 0.15) is 12.8 Å². The largest absolute Gasteiger partial charge is 0.389 e. The first-order valence-electron chi connectivity index (χ1n) is 8.35. The predicted molar refractivity (Wildman–Crippen MR) is 108 cm³/mol. The molecule has 29 heavy (non-hydrogen) atoms. The molecule has 0 fully saturated rings. The number of rotatable bonds is 9. The summed E-state index contributed by atoms with van der Waals surface area (Å²) in [6.45, 7) is -0.140. The van der Waals surface area contributed by atoms with E-state index in [1.807, 2.05) is 0 Å². The van der Waals surface area contributed by atoms with Crippen molar-refractivity contribution in [2.24, 2.45) is 0 Å². The molecule has 0 atom stereocenters. The van der Waals surface area contributed by atoms with Crippen molar-refractivity contribution in [3.8, 4) is 18.0 Å². The van der Waals surface area contributed by atoms with Crippen LogP contribution in [-0.2, 0) is 4.79 Å². The van der Waals surface area contributed by atoms with Crippen molar-refractivity contribution in [2.45, 2.75) is 19.0 Å². The third kappa shape index (κ3) is 6.80. The fourth-order valence-electron chi connectivity index (χ4n) is 2.28. The molecule has 0 radical (unpaired) electrons. The van der Waals surface area contributed by atoms with Crippen LogP contribution in [0.2, 0.25) is 5.15 Å². The summed E-state index contributed by atoms with van der Waals surface area (Å²) in [5, 5.41) is 12.1. The maximum Gasteiger partial charge on any atom is 0.389 e. The van der Waals surface area contributed by atoms with Gasteiger partial charge in [-0.15, -0.1) is 6.42 Å². The maximum atomic E-state index is 12.7. The Hall–Kier alpha value is -2.51. The Balaban J connectivity index is 2.05. The molecule has 0 spiro atoms. The Morgan fingerprint density at radius 1 is 1.45 bits per heavy atom. The van der Waals surface area contributed by atoms with Crippen LogP contribution in [0.25, 0.3) is 5.69 Å². The van der Waals surface area contributed by atoms with E-state index in [2.05, 4.69) is 16.0 Å². The van der Waals surface area contributed by atoms with E-state index in [0.29, 0.717) is 5.69 Å². The van der Waals surface area contributed by atoms with Gasteiger partial charge in [0.25, 0.3) is 5.91 Å². The van der Waals surface area contributed by atoms with Gasteiger partial charge < -0.3 is 0 Å². The Bertz CT molecular complexity index is 895. The molecule has 0 aliphatic carbocycles. The van der Waals surface area contributed by atoms with E-state index in [1.165, 1.54) is 10.9 Å². The van der Waals surface area contributed by atoms with Crippen LogP contribution in [0, 0.1) is 17.8 Å². The summed E-state index contributed by atoms with van der Waals surface area (Å²) in [5.41, 5.74) is 0.553. The average molecular weight is 444 g/mol. The van der Waals surface area contributed by atoms with Gasteiger partial charge in [-0.2, -0.15) is 30.0 Å². The van der Waals surface area contributed by atoms with Crippen LogP contribution >= 0.6 is 23.4 Å². The van der Waals surface area contributed by atoms with Gasteiger partial charge in [0.1, 0.15) is 11.4 Å². The van der Waals surface area contributed by atoms with Gasteiger partial charge in [-0.25, -0.2) is 4.68 Å². The monoisotopic (exact) mass is 443 g/mol. The predicted octanol–water partition coefficient (Wildman–Crippen LogP) is 3.98. The minimum Gasteiger partial charge on any atom is -0.299 e. The number of hydrogen-bond donors (Lipinski definition) is 1. The molecule has 11 heteroatoms. The lowest BCUT2D eigenvalue weighted by molar-refractivity contribution is -0.134. The highest BCUT2D eigenvalue weighted by Gasteiger charge is 2.27. The number of terminal acetylenes is 1. The van der Waals surface area contributed by atoms with Gasteiger partial charge >= 0.3 is 6.18 Å². The summed E-state index contributed by atoms with van der Waals surface area (Å²) in [6, 6.07) is 3.45. The number of halogens is 4. The quantitative estimate of drug-likeness (QED) is 0.361. The lowest BCUT2D eigenvalue weighted by Crippen LogP contribution is -2.37. The minimum atomic E-state index is -4.21. The highest BCUT2D eigenvalue weighted by molar-refractivity contribution is 8.00. The number of alkyl halides is 3. The first-order chi connectivity index (χ1) is 13.7. The average Bonchev–Trinajstić information content (AvgIpc) is 3.06. The topological polar surface area (TPSA) is 74.9 Å². The first-order valence-corrected chi connectivity index (χ1v) is 9.89. The van der Waals surface area contributed by atoms with Crippen LogP contribution in [0.15, 0.2) is 30.7 Å². The first kappa shape index (κ1) is 22.8.